The second-order valence-electron chi connectivity index (χ2n) is 6.23. The first-order chi connectivity index (χ1) is 11.2. The zero-order chi connectivity index (χ0) is 16.2. The van der Waals surface area contributed by atoms with Crippen LogP contribution in [-0.4, -0.2) is 19.2 Å². The lowest BCUT2D eigenvalue weighted by Gasteiger charge is -2.15. The van der Waals surface area contributed by atoms with E-state index in [4.69, 9.17) is 4.74 Å². The third-order valence-corrected chi connectivity index (χ3v) is 4.04. The number of amides is 1. The van der Waals surface area contributed by atoms with Crippen molar-refractivity contribution in [1.29, 1.82) is 0 Å². The Bertz CT molecular complexity index is 652. The molecule has 1 aliphatic carbocycles. The van der Waals surface area contributed by atoms with Crippen molar-refractivity contribution in [2.45, 2.75) is 19.8 Å². The van der Waals surface area contributed by atoms with Crippen LogP contribution in [0.2, 0.25) is 0 Å². The van der Waals surface area contributed by atoms with Gasteiger partial charge in [0, 0.05) is 12.5 Å². The molecule has 2 aromatic carbocycles. The molecule has 23 heavy (non-hydrogen) atoms. The summed E-state index contributed by atoms with van der Waals surface area (Å²) in [6, 6.07) is 16.6. The Morgan fingerprint density at radius 2 is 1.61 bits per heavy atom. The van der Waals surface area contributed by atoms with Crippen molar-refractivity contribution in [3.63, 3.8) is 0 Å². The van der Waals surface area contributed by atoms with Crippen molar-refractivity contribution < 1.29 is 9.53 Å². The number of carbonyl (C=O) groups excluding carboxylic acids is 1. The van der Waals surface area contributed by atoms with Crippen LogP contribution >= 0.6 is 0 Å². The maximum atomic E-state index is 11.8. The van der Waals surface area contributed by atoms with E-state index in [0.717, 1.165) is 0 Å². The summed E-state index contributed by atoms with van der Waals surface area (Å²) in [4.78, 5) is 11.8. The summed E-state index contributed by atoms with van der Waals surface area (Å²) < 4.78 is 5.41. The molecule has 4 nitrogen and oxygen atoms in total. The molecule has 0 aliphatic heterocycles. The molecule has 0 aromatic heterocycles. The highest BCUT2D eigenvalue weighted by molar-refractivity contribution is 5.79. The Morgan fingerprint density at radius 3 is 2.17 bits per heavy atom. The summed E-state index contributed by atoms with van der Waals surface area (Å²) >= 11 is 0. The fraction of sp³-hybridized carbons (Fsp3) is 0.316. The van der Waals surface area contributed by atoms with Gasteiger partial charge in [0.05, 0.1) is 0 Å². The second-order valence-corrected chi connectivity index (χ2v) is 6.23. The first-order valence-corrected chi connectivity index (χ1v) is 8.00. The molecule has 120 valence electrons. The fourth-order valence-electron chi connectivity index (χ4n) is 2.96. The highest BCUT2D eigenvalue weighted by atomic mass is 16.6. The number of hydrogen-bond acceptors (Lipinski definition) is 3. The Hall–Kier alpha value is -2.33. The predicted molar refractivity (Wildman–Crippen MR) is 91.0 cm³/mol. The smallest absolute Gasteiger partial charge is 0.421 e. The zero-order valence-corrected chi connectivity index (χ0v) is 13.5. The van der Waals surface area contributed by atoms with Crippen molar-refractivity contribution in [3.8, 4) is 11.1 Å². The maximum absolute atomic E-state index is 11.8. The van der Waals surface area contributed by atoms with Crippen LogP contribution in [0.25, 0.3) is 11.1 Å². The molecular formula is C19H22N2O2. The molecule has 0 fully saturated rings. The Balaban J connectivity index is 1.67. The quantitative estimate of drug-likeness (QED) is 0.828. The van der Waals surface area contributed by atoms with Gasteiger partial charge >= 0.3 is 6.09 Å². The first-order valence-electron chi connectivity index (χ1n) is 8.00. The van der Waals surface area contributed by atoms with E-state index < -0.39 is 6.09 Å². The van der Waals surface area contributed by atoms with E-state index in [1.54, 1.807) is 0 Å². The third-order valence-electron chi connectivity index (χ3n) is 4.04. The van der Waals surface area contributed by atoms with Crippen LogP contribution in [0.1, 0.15) is 30.9 Å². The Labute approximate surface area is 136 Å². The lowest BCUT2D eigenvalue weighted by atomic mass is 9.98. The molecule has 1 amide bonds. The Morgan fingerprint density at radius 1 is 1.04 bits per heavy atom. The minimum Gasteiger partial charge on any atom is -0.448 e. The van der Waals surface area contributed by atoms with E-state index in [0.29, 0.717) is 19.1 Å². The van der Waals surface area contributed by atoms with E-state index in [1.807, 2.05) is 24.3 Å². The van der Waals surface area contributed by atoms with Crippen LogP contribution in [0.3, 0.4) is 0 Å². The molecule has 2 aromatic rings. The van der Waals surface area contributed by atoms with Crippen molar-refractivity contribution in [3.05, 3.63) is 59.7 Å². The van der Waals surface area contributed by atoms with Gasteiger partial charge in [0.15, 0.2) is 0 Å². The van der Waals surface area contributed by atoms with E-state index in [1.165, 1.54) is 22.3 Å². The monoisotopic (exact) mass is 310 g/mol. The lowest BCUT2D eigenvalue weighted by Crippen LogP contribution is -2.40. The highest BCUT2D eigenvalue weighted by Crippen LogP contribution is 2.44. The number of ether oxygens (including phenoxy) is 1. The summed E-state index contributed by atoms with van der Waals surface area (Å²) in [5.41, 5.74) is 10.3. The number of rotatable bonds is 5. The minimum absolute atomic E-state index is 0.0956. The number of hydrogen-bond donors (Lipinski definition) is 2. The van der Waals surface area contributed by atoms with Gasteiger partial charge < -0.3 is 4.74 Å². The summed E-state index contributed by atoms with van der Waals surface area (Å²) in [6.07, 6.45) is -0.437. The van der Waals surface area contributed by atoms with E-state index in [9.17, 15) is 4.79 Å². The molecule has 0 unspecified atom stereocenters. The normalized spacial score (nSPS) is 12.8. The minimum atomic E-state index is -0.437. The van der Waals surface area contributed by atoms with Crippen molar-refractivity contribution >= 4 is 6.09 Å². The van der Waals surface area contributed by atoms with Crippen LogP contribution in [-0.2, 0) is 4.74 Å². The van der Waals surface area contributed by atoms with Crippen LogP contribution in [0.4, 0.5) is 4.79 Å². The van der Waals surface area contributed by atoms with Gasteiger partial charge in [-0.25, -0.2) is 10.2 Å². The second kappa shape index (κ2) is 6.84. The topological polar surface area (TPSA) is 50.4 Å². The molecule has 0 heterocycles. The highest BCUT2D eigenvalue weighted by Gasteiger charge is 2.28. The molecule has 0 saturated carbocycles. The van der Waals surface area contributed by atoms with Crippen LogP contribution < -0.4 is 10.9 Å². The van der Waals surface area contributed by atoms with E-state index in [2.05, 4.69) is 49.0 Å². The summed E-state index contributed by atoms with van der Waals surface area (Å²) in [5.74, 6) is 0.558. The molecule has 1 aliphatic rings. The third kappa shape index (κ3) is 3.37. The number of benzene rings is 2. The van der Waals surface area contributed by atoms with Gasteiger partial charge in [0.25, 0.3) is 0 Å². The SMILES string of the molecule is CC(C)CNNC(=O)OCC1c2ccccc2-c2ccccc21. The van der Waals surface area contributed by atoms with E-state index in [-0.39, 0.29) is 5.92 Å². The lowest BCUT2D eigenvalue weighted by molar-refractivity contribution is 0.137. The standard InChI is InChI=1S/C19H22N2O2/c1-13(2)11-20-21-19(22)23-12-18-16-9-5-3-7-14(16)15-8-4-6-10-17(15)18/h3-10,13,18,20H,11-12H2,1-2H3,(H,21,22). The molecule has 2 N–H and O–H groups in total. The van der Waals surface area contributed by atoms with Gasteiger partial charge in [-0.2, -0.15) is 0 Å². The average molecular weight is 310 g/mol. The molecule has 0 atom stereocenters. The van der Waals surface area contributed by atoms with Crippen LogP contribution in [0.15, 0.2) is 48.5 Å². The molecule has 0 saturated heterocycles. The summed E-state index contributed by atoms with van der Waals surface area (Å²) in [5, 5.41) is 0. The van der Waals surface area contributed by atoms with Gasteiger partial charge in [-0.3, -0.25) is 5.43 Å². The van der Waals surface area contributed by atoms with Crippen molar-refractivity contribution in [2.24, 2.45) is 5.92 Å². The Kier molecular flexibility index (Phi) is 4.63. The van der Waals surface area contributed by atoms with Gasteiger partial charge in [0.2, 0.25) is 0 Å². The number of nitrogens with one attached hydrogen (secondary N) is 2. The van der Waals surface area contributed by atoms with Gasteiger partial charge in [0.1, 0.15) is 6.61 Å². The molecule has 3 rings (SSSR count). The number of hydrazine groups is 1. The molecule has 0 spiro atoms. The zero-order valence-electron chi connectivity index (χ0n) is 13.5. The largest absolute Gasteiger partial charge is 0.448 e. The average Bonchev–Trinajstić information content (AvgIpc) is 2.87. The predicted octanol–water partition coefficient (Wildman–Crippen LogP) is 3.69. The molecule has 0 bridgehead atoms. The van der Waals surface area contributed by atoms with Crippen molar-refractivity contribution in [1.82, 2.24) is 10.9 Å². The summed E-state index contributed by atoms with van der Waals surface area (Å²) in [7, 11) is 0. The van der Waals surface area contributed by atoms with Gasteiger partial charge in [-0.1, -0.05) is 62.4 Å². The number of fused-ring (bicyclic) bond motifs is 3. The van der Waals surface area contributed by atoms with Gasteiger partial charge in [-0.05, 0) is 28.2 Å². The molecular weight excluding hydrogens is 288 g/mol. The maximum Gasteiger partial charge on any atom is 0.421 e. The van der Waals surface area contributed by atoms with E-state index >= 15 is 0 Å². The van der Waals surface area contributed by atoms with Crippen LogP contribution in [0, 0.1) is 5.92 Å². The number of carbonyl (C=O) groups is 1. The fourth-order valence-corrected chi connectivity index (χ4v) is 2.96. The first kappa shape index (κ1) is 15.6. The molecule has 4 heteroatoms. The van der Waals surface area contributed by atoms with Gasteiger partial charge in [-0.15, -0.1) is 0 Å². The summed E-state index contributed by atoms with van der Waals surface area (Å²) in [6.45, 7) is 5.20. The van der Waals surface area contributed by atoms with Crippen molar-refractivity contribution in [2.75, 3.05) is 13.2 Å². The van der Waals surface area contributed by atoms with Crippen LogP contribution in [0.5, 0.6) is 0 Å². The molecule has 0 radical (unpaired) electrons.